The van der Waals surface area contributed by atoms with E-state index in [1.807, 2.05) is 37.1 Å². The lowest BCUT2D eigenvalue weighted by molar-refractivity contribution is 0.194. The number of aryl methyl sites for hydroxylation is 1. The maximum absolute atomic E-state index is 13.9. The van der Waals surface area contributed by atoms with Crippen LogP contribution >= 0.6 is 0 Å². The lowest BCUT2D eigenvalue weighted by Gasteiger charge is -2.23. The number of hydrogen-bond acceptors (Lipinski definition) is 3. The maximum Gasteiger partial charge on any atom is 0.131 e. The van der Waals surface area contributed by atoms with Crippen LogP contribution in [0, 0.1) is 12.7 Å². The van der Waals surface area contributed by atoms with Crippen molar-refractivity contribution in [2.45, 2.75) is 26.5 Å². The summed E-state index contributed by atoms with van der Waals surface area (Å²) in [6.45, 7) is 4.07. The Labute approximate surface area is 118 Å². The molecule has 4 heteroatoms. The summed E-state index contributed by atoms with van der Waals surface area (Å²) >= 11 is 0. The van der Waals surface area contributed by atoms with Crippen LogP contribution in [0.2, 0.25) is 0 Å². The van der Waals surface area contributed by atoms with Gasteiger partial charge in [-0.3, -0.25) is 4.98 Å². The Bertz CT molecular complexity index is 599. The monoisotopic (exact) mass is 274 g/mol. The van der Waals surface area contributed by atoms with Crippen LogP contribution in [0.25, 0.3) is 0 Å². The lowest BCUT2D eigenvalue weighted by atomic mass is 10.1. The van der Waals surface area contributed by atoms with E-state index in [2.05, 4.69) is 4.98 Å². The number of nitrogens with zero attached hydrogens (tertiary/aromatic N) is 2. The van der Waals surface area contributed by atoms with Gasteiger partial charge in [0.05, 0.1) is 18.3 Å². The van der Waals surface area contributed by atoms with Crippen molar-refractivity contribution in [3.63, 3.8) is 0 Å². The minimum absolute atomic E-state index is 0.322. The first-order chi connectivity index (χ1) is 9.49. The summed E-state index contributed by atoms with van der Waals surface area (Å²) in [4.78, 5) is 6.33. The molecule has 0 fully saturated rings. The van der Waals surface area contributed by atoms with E-state index in [4.69, 9.17) is 0 Å². The predicted molar refractivity (Wildman–Crippen MR) is 78.1 cm³/mol. The Morgan fingerprint density at radius 1 is 1.25 bits per heavy atom. The molecule has 1 atom stereocenters. The average molecular weight is 274 g/mol. The van der Waals surface area contributed by atoms with E-state index in [1.54, 1.807) is 19.1 Å². The second-order valence-corrected chi connectivity index (χ2v) is 4.97. The first kappa shape index (κ1) is 14.5. The molecule has 0 aliphatic carbocycles. The Kier molecular flexibility index (Phi) is 4.35. The van der Waals surface area contributed by atoms with E-state index in [0.29, 0.717) is 17.8 Å². The van der Waals surface area contributed by atoms with Gasteiger partial charge in [0.1, 0.15) is 5.82 Å². The molecule has 2 rings (SSSR count). The molecule has 0 bridgehead atoms. The second kappa shape index (κ2) is 6.01. The van der Waals surface area contributed by atoms with Gasteiger partial charge in [0.2, 0.25) is 0 Å². The fourth-order valence-corrected chi connectivity index (χ4v) is 2.29. The molecule has 1 aromatic carbocycles. The second-order valence-electron chi connectivity index (χ2n) is 4.97. The molecule has 0 unspecified atom stereocenters. The molecular weight excluding hydrogens is 255 g/mol. The van der Waals surface area contributed by atoms with E-state index in [9.17, 15) is 9.50 Å². The van der Waals surface area contributed by atoms with Crippen molar-refractivity contribution < 1.29 is 9.50 Å². The van der Waals surface area contributed by atoms with E-state index in [-0.39, 0.29) is 5.82 Å². The van der Waals surface area contributed by atoms with Crippen LogP contribution in [0.4, 0.5) is 10.1 Å². The standard InChI is InChI=1S/C16H19FN2O/c1-11-6-4-7-13(18-11)10-19(3)15-9-5-8-14(17)16(15)12(2)20/h4-9,12,20H,10H2,1-3H3/t12-/m1/s1. The van der Waals surface area contributed by atoms with Crippen molar-refractivity contribution in [1.29, 1.82) is 0 Å². The highest BCUT2D eigenvalue weighted by Gasteiger charge is 2.16. The number of aromatic nitrogens is 1. The Morgan fingerprint density at radius 3 is 2.60 bits per heavy atom. The highest BCUT2D eigenvalue weighted by Crippen LogP contribution is 2.28. The number of benzene rings is 1. The molecule has 3 nitrogen and oxygen atoms in total. The molecule has 1 heterocycles. The number of rotatable bonds is 4. The smallest absolute Gasteiger partial charge is 0.131 e. The largest absolute Gasteiger partial charge is 0.389 e. The third-order valence-electron chi connectivity index (χ3n) is 3.20. The fourth-order valence-electron chi connectivity index (χ4n) is 2.29. The molecule has 0 saturated carbocycles. The summed E-state index contributed by atoms with van der Waals surface area (Å²) in [5.74, 6) is -0.387. The molecule has 0 aliphatic heterocycles. The van der Waals surface area contributed by atoms with Gasteiger partial charge in [-0.1, -0.05) is 12.1 Å². The number of anilines is 1. The number of pyridine rings is 1. The maximum atomic E-state index is 13.9. The van der Waals surface area contributed by atoms with Gasteiger partial charge in [-0.05, 0) is 38.1 Å². The van der Waals surface area contributed by atoms with E-state index in [0.717, 1.165) is 11.4 Å². The van der Waals surface area contributed by atoms with Gasteiger partial charge in [0, 0.05) is 24.0 Å². The molecule has 1 N–H and O–H groups in total. The summed E-state index contributed by atoms with van der Waals surface area (Å²) < 4.78 is 13.9. The SMILES string of the molecule is Cc1cccc(CN(C)c2cccc(F)c2[C@@H](C)O)n1. The normalized spacial score (nSPS) is 12.2. The minimum atomic E-state index is -0.848. The van der Waals surface area contributed by atoms with Crippen molar-refractivity contribution >= 4 is 5.69 Å². The summed E-state index contributed by atoms with van der Waals surface area (Å²) in [5.41, 5.74) is 2.87. The molecule has 106 valence electrons. The third-order valence-corrected chi connectivity index (χ3v) is 3.20. The van der Waals surface area contributed by atoms with Crippen LogP contribution in [-0.4, -0.2) is 17.1 Å². The van der Waals surface area contributed by atoms with Gasteiger partial charge in [-0.15, -0.1) is 0 Å². The number of aliphatic hydroxyl groups excluding tert-OH is 1. The van der Waals surface area contributed by atoms with Gasteiger partial charge in [-0.25, -0.2) is 4.39 Å². The summed E-state index contributed by atoms with van der Waals surface area (Å²) in [6.07, 6.45) is -0.848. The van der Waals surface area contributed by atoms with Crippen LogP contribution in [0.15, 0.2) is 36.4 Å². The number of hydrogen-bond donors (Lipinski definition) is 1. The van der Waals surface area contributed by atoms with Gasteiger partial charge in [0.15, 0.2) is 0 Å². The van der Waals surface area contributed by atoms with Crippen LogP contribution in [0.3, 0.4) is 0 Å². The molecule has 0 spiro atoms. The van der Waals surface area contributed by atoms with Crippen LogP contribution in [0.1, 0.15) is 30.0 Å². The quantitative estimate of drug-likeness (QED) is 0.930. The Balaban J connectivity index is 2.30. The first-order valence-corrected chi connectivity index (χ1v) is 6.59. The molecule has 0 aliphatic rings. The summed E-state index contributed by atoms with van der Waals surface area (Å²) in [7, 11) is 1.87. The average Bonchev–Trinajstić information content (AvgIpc) is 2.37. The van der Waals surface area contributed by atoms with Crippen molar-refractivity contribution in [2.75, 3.05) is 11.9 Å². The molecule has 0 radical (unpaired) electrons. The Morgan fingerprint density at radius 2 is 1.95 bits per heavy atom. The Hall–Kier alpha value is -1.94. The zero-order valence-corrected chi connectivity index (χ0v) is 12.0. The van der Waals surface area contributed by atoms with Crippen LogP contribution in [0.5, 0.6) is 0 Å². The minimum Gasteiger partial charge on any atom is -0.389 e. The molecule has 0 saturated heterocycles. The van der Waals surface area contributed by atoms with Crippen molar-refractivity contribution in [3.05, 3.63) is 59.2 Å². The van der Waals surface area contributed by atoms with Gasteiger partial charge in [0.25, 0.3) is 0 Å². The third kappa shape index (κ3) is 3.14. The van der Waals surface area contributed by atoms with Crippen molar-refractivity contribution in [1.82, 2.24) is 4.98 Å². The highest BCUT2D eigenvalue weighted by atomic mass is 19.1. The molecule has 2 aromatic rings. The zero-order valence-electron chi connectivity index (χ0n) is 12.0. The first-order valence-electron chi connectivity index (χ1n) is 6.59. The molecule has 1 aromatic heterocycles. The van der Waals surface area contributed by atoms with Crippen LogP contribution in [-0.2, 0) is 6.54 Å². The lowest BCUT2D eigenvalue weighted by Crippen LogP contribution is -2.20. The molecule has 0 amide bonds. The van der Waals surface area contributed by atoms with Crippen molar-refractivity contribution in [2.24, 2.45) is 0 Å². The van der Waals surface area contributed by atoms with Gasteiger partial charge >= 0.3 is 0 Å². The number of halogens is 1. The zero-order chi connectivity index (χ0) is 14.7. The summed E-state index contributed by atoms with van der Waals surface area (Å²) in [5, 5.41) is 9.76. The van der Waals surface area contributed by atoms with E-state index in [1.165, 1.54) is 6.07 Å². The summed E-state index contributed by atoms with van der Waals surface area (Å²) in [6, 6.07) is 10.6. The van der Waals surface area contributed by atoms with Gasteiger partial charge in [-0.2, -0.15) is 0 Å². The van der Waals surface area contributed by atoms with Crippen molar-refractivity contribution in [3.8, 4) is 0 Å². The highest BCUT2D eigenvalue weighted by molar-refractivity contribution is 5.54. The topological polar surface area (TPSA) is 36.4 Å². The fraction of sp³-hybridized carbons (Fsp3) is 0.312. The predicted octanol–water partition coefficient (Wildman–Crippen LogP) is 3.22. The van der Waals surface area contributed by atoms with E-state index < -0.39 is 6.10 Å². The van der Waals surface area contributed by atoms with Gasteiger partial charge < -0.3 is 10.0 Å². The van der Waals surface area contributed by atoms with E-state index >= 15 is 0 Å². The molecular formula is C16H19FN2O. The van der Waals surface area contributed by atoms with Crippen LogP contribution < -0.4 is 4.90 Å². The number of aliphatic hydroxyl groups is 1. The molecule has 20 heavy (non-hydrogen) atoms.